The molecule has 3 aliphatic carbocycles. The van der Waals surface area contributed by atoms with Crippen LogP contribution in [0.4, 0.5) is 0 Å². The van der Waals surface area contributed by atoms with E-state index in [1.807, 2.05) is 0 Å². The van der Waals surface area contributed by atoms with E-state index in [-0.39, 0.29) is 0 Å². The zero-order chi connectivity index (χ0) is 15.5. The highest BCUT2D eigenvalue weighted by Gasteiger charge is 2.31. The first-order chi connectivity index (χ1) is 11.4. The van der Waals surface area contributed by atoms with E-state index in [2.05, 4.69) is 29.6 Å². The third-order valence-corrected chi connectivity index (χ3v) is 6.83. The van der Waals surface area contributed by atoms with Crippen LogP contribution >= 0.6 is 0 Å². The molecule has 0 aliphatic heterocycles. The van der Waals surface area contributed by atoms with E-state index in [1.165, 1.54) is 77.0 Å². The number of benzene rings is 1. The van der Waals surface area contributed by atoms with Crippen LogP contribution in [0.25, 0.3) is 0 Å². The van der Waals surface area contributed by atoms with Gasteiger partial charge in [0.2, 0.25) is 0 Å². The highest BCUT2D eigenvalue weighted by atomic mass is 15.0. The molecule has 126 valence electrons. The first kappa shape index (κ1) is 15.7. The fraction of sp³-hybridized carbons (Fsp3) is 0.727. The fourth-order valence-corrected chi connectivity index (χ4v) is 5.57. The number of hydrogen-bond donors (Lipinski definition) is 1. The Hall–Kier alpha value is -0.820. The van der Waals surface area contributed by atoms with Crippen molar-refractivity contribution in [2.24, 2.45) is 5.92 Å². The van der Waals surface area contributed by atoms with Gasteiger partial charge in [0, 0.05) is 12.1 Å². The first-order valence-electron chi connectivity index (χ1n) is 10.2. The minimum Gasteiger partial charge on any atom is -0.311 e. The third kappa shape index (κ3) is 3.65. The topological polar surface area (TPSA) is 12.0 Å². The third-order valence-electron chi connectivity index (χ3n) is 6.83. The van der Waals surface area contributed by atoms with Crippen LogP contribution in [0, 0.1) is 5.92 Å². The molecular weight excluding hydrogens is 278 g/mol. The van der Waals surface area contributed by atoms with Crippen LogP contribution in [0.1, 0.15) is 87.7 Å². The minimum atomic E-state index is 0.813. The van der Waals surface area contributed by atoms with Gasteiger partial charge in [-0.2, -0.15) is 0 Å². The molecule has 0 heterocycles. The summed E-state index contributed by atoms with van der Waals surface area (Å²) >= 11 is 0. The molecule has 23 heavy (non-hydrogen) atoms. The van der Waals surface area contributed by atoms with Gasteiger partial charge in [-0.15, -0.1) is 0 Å². The molecule has 1 aromatic rings. The van der Waals surface area contributed by atoms with Gasteiger partial charge in [-0.3, -0.25) is 0 Å². The van der Waals surface area contributed by atoms with Crippen molar-refractivity contribution in [2.45, 2.75) is 95.1 Å². The Labute approximate surface area is 142 Å². The summed E-state index contributed by atoms with van der Waals surface area (Å²) < 4.78 is 0. The summed E-state index contributed by atoms with van der Waals surface area (Å²) in [6.07, 6.45) is 17.1. The largest absolute Gasteiger partial charge is 0.311 e. The van der Waals surface area contributed by atoms with Crippen LogP contribution in [0.15, 0.2) is 24.3 Å². The highest BCUT2D eigenvalue weighted by Crippen LogP contribution is 2.43. The number of aryl methyl sites for hydroxylation is 1. The molecule has 1 unspecified atom stereocenters. The first-order valence-corrected chi connectivity index (χ1v) is 10.2. The van der Waals surface area contributed by atoms with Crippen molar-refractivity contribution in [3.8, 4) is 0 Å². The molecule has 0 bridgehead atoms. The monoisotopic (exact) mass is 311 g/mol. The predicted molar refractivity (Wildman–Crippen MR) is 97.9 cm³/mol. The summed E-state index contributed by atoms with van der Waals surface area (Å²) in [7, 11) is 0. The smallest absolute Gasteiger partial charge is 0.00698 e. The maximum absolute atomic E-state index is 4.00. The van der Waals surface area contributed by atoms with Crippen molar-refractivity contribution in [1.82, 2.24) is 5.32 Å². The van der Waals surface area contributed by atoms with E-state index >= 15 is 0 Å². The van der Waals surface area contributed by atoms with E-state index in [4.69, 9.17) is 0 Å². The van der Waals surface area contributed by atoms with Crippen molar-refractivity contribution in [1.29, 1.82) is 0 Å². The summed E-state index contributed by atoms with van der Waals surface area (Å²) in [6, 6.07) is 10.9. The van der Waals surface area contributed by atoms with E-state index in [0.29, 0.717) is 0 Å². The molecule has 2 saturated carbocycles. The van der Waals surface area contributed by atoms with Gasteiger partial charge in [0.15, 0.2) is 0 Å². The van der Waals surface area contributed by atoms with Gasteiger partial charge < -0.3 is 5.32 Å². The Kier molecular flexibility index (Phi) is 5.04. The fourth-order valence-electron chi connectivity index (χ4n) is 5.57. The molecule has 0 saturated heterocycles. The summed E-state index contributed by atoms with van der Waals surface area (Å²) in [6.45, 7) is 0. The molecular formula is C22H33N. The van der Waals surface area contributed by atoms with Crippen LogP contribution in [-0.4, -0.2) is 12.1 Å². The van der Waals surface area contributed by atoms with Gasteiger partial charge in [0.25, 0.3) is 0 Å². The Morgan fingerprint density at radius 1 is 0.696 bits per heavy atom. The molecule has 0 spiro atoms. The average Bonchev–Trinajstić information content (AvgIpc) is 2.63. The molecule has 1 atom stereocenters. The molecule has 0 aromatic heterocycles. The van der Waals surface area contributed by atoms with Gasteiger partial charge >= 0.3 is 0 Å². The second kappa shape index (κ2) is 7.38. The van der Waals surface area contributed by atoms with E-state index in [1.54, 1.807) is 11.1 Å². The highest BCUT2D eigenvalue weighted by molar-refractivity contribution is 5.33. The van der Waals surface area contributed by atoms with E-state index < -0.39 is 0 Å². The maximum atomic E-state index is 4.00. The van der Waals surface area contributed by atoms with Crippen molar-refractivity contribution < 1.29 is 0 Å². The molecule has 0 amide bonds. The normalized spacial score (nSPS) is 32.4. The summed E-state index contributed by atoms with van der Waals surface area (Å²) in [4.78, 5) is 0. The van der Waals surface area contributed by atoms with Crippen molar-refractivity contribution in [2.75, 3.05) is 0 Å². The van der Waals surface area contributed by atoms with Crippen molar-refractivity contribution >= 4 is 0 Å². The van der Waals surface area contributed by atoms with Gasteiger partial charge in [-0.25, -0.2) is 0 Å². The van der Waals surface area contributed by atoms with E-state index in [0.717, 1.165) is 23.9 Å². The molecule has 3 aliphatic rings. The lowest BCUT2D eigenvalue weighted by Crippen LogP contribution is -2.42. The van der Waals surface area contributed by atoms with Gasteiger partial charge in [-0.1, -0.05) is 43.5 Å². The van der Waals surface area contributed by atoms with Gasteiger partial charge in [0.1, 0.15) is 0 Å². The van der Waals surface area contributed by atoms with Crippen LogP contribution in [0.2, 0.25) is 0 Å². The van der Waals surface area contributed by atoms with E-state index in [9.17, 15) is 0 Å². The number of rotatable bonds is 3. The standard InChI is InChI=1S/C22H33N/c1-2-9-19(10-3-1)23-20-15-13-18(14-16-20)22-12-6-8-17-7-4-5-11-21(17)22/h4-5,7,11,18-20,22-23H,1-3,6,8-10,12-16H2. The number of hydrogen-bond acceptors (Lipinski definition) is 1. The molecule has 2 fully saturated rings. The van der Waals surface area contributed by atoms with Crippen LogP contribution < -0.4 is 5.32 Å². The number of nitrogens with one attached hydrogen (secondary N) is 1. The molecule has 0 radical (unpaired) electrons. The lowest BCUT2D eigenvalue weighted by atomic mass is 9.70. The number of fused-ring (bicyclic) bond motifs is 1. The van der Waals surface area contributed by atoms with Gasteiger partial charge in [-0.05, 0) is 80.8 Å². The molecule has 1 nitrogen and oxygen atoms in total. The molecule has 1 aromatic carbocycles. The second-order valence-electron chi connectivity index (χ2n) is 8.31. The Bertz CT molecular complexity index is 494. The zero-order valence-electron chi connectivity index (χ0n) is 14.6. The molecule has 4 rings (SSSR count). The summed E-state index contributed by atoms with van der Waals surface area (Å²) in [5, 5.41) is 4.00. The Morgan fingerprint density at radius 2 is 1.43 bits per heavy atom. The quantitative estimate of drug-likeness (QED) is 0.767. The zero-order valence-corrected chi connectivity index (χ0v) is 14.6. The average molecular weight is 312 g/mol. The van der Waals surface area contributed by atoms with Crippen LogP contribution in [-0.2, 0) is 6.42 Å². The molecule has 1 heteroatoms. The minimum absolute atomic E-state index is 0.813. The maximum Gasteiger partial charge on any atom is 0.00698 e. The van der Waals surface area contributed by atoms with Crippen LogP contribution in [0.5, 0.6) is 0 Å². The summed E-state index contributed by atoms with van der Waals surface area (Å²) in [5.74, 6) is 1.80. The Morgan fingerprint density at radius 3 is 2.26 bits per heavy atom. The lowest BCUT2D eigenvalue weighted by Gasteiger charge is -2.38. The molecule has 1 N–H and O–H groups in total. The second-order valence-corrected chi connectivity index (χ2v) is 8.31. The summed E-state index contributed by atoms with van der Waals surface area (Å²) in [5.41, 5.74) is 3.34. The van der Waals surface area contributed by atoms with Crippen molar-refractivity contribution in [3.63, 3.8) is 0 Å². The lowest BCUT2D eigenvalue weighted by molar-refractivity contribution is 0.222. The Balaban J connectivity index is 1.33. The SMILES string of the molecule is c1ccc2c(c1)CCCC2C1CCC(NC2CCCCC2)CC1. The van der Waals surface area contributed by atoms with Crippen molar-refractivity contribution in [3.05, 3.63) is 35.4 Å². The van der Waals surface area contributed by atoms with Gasteiger partial charge in [0.05, 0.1) is 0 Å². The predicted octanol–water partition coefficient (Wildman–Crippen LogP) is 5.59. The van der Waals surface area contributed by atoms with Crippen LogP contribution in [0.3, 0.4) is 0 Å².